The Labute approximate surface area is 381 Å². The largest absolute Gasteiger partial charge is 0.395 e. The Morgan fingerprint density at radius 3 is 0.859 bits per heavy atom. The summed E-state index contributed by atoms with van der Waals surface area (Å²) in [5.41, 5.74) is 3.08. The van der Waals surface area contributed by atoms with E-state index in [2.05, 4.69) is 157 Å². The maximum Gasteiger partial charge on any atom is 0.334 e. The third kappa shape index (κ3) is 10.1. The first kappa shape index (κ1) is 50.8. The number of aliphatic hydroxyl groups is 4. The SMILES string of the molecule is CC(C)(c1ccccc1)c1ccc(C(O)(c2ccc(C(C)(C)c3ccccc3)cc2C(C)(C)c2ccccc2)C(CO)(CO)CO)c(C(C)(C)c2ccccc2)c1.OP(O)OP(O)O. The predicted octanol–water partition coefficient (Wildman–Crippen LogP) is 9.62. The van der Waals surface area contributed by atoms with Gasteiger partial charge in [-0.2, -0.15) is 0 Å². The highest BCUT2D eigenvalue weighted by Gasteiger charge is 2.56. The number of aliphatic hydroxyl groups excluding tert-OH is 3. The van der Waals surface area contributed by atoms with Crippen LogP contribution in [0.4, 0.5) is 0 Å². The molecular formula is C53H64O9P2. The Morgan fingerprint density at radius 2 is 0.625 bits per heavy atom. The van der Waals surface area contributed by atoms with E-state index in [0.717, 1.165) is 44.5 Å². The van der Waals surface area contributed by atoms with Gasteiger partial charge in [-0.15, -0.1) is 0 Å². The number of hydrogen-bond donors (Lipinski definition) is 8. The van der Waals surface area contributed by atoms with E-state index >= 15 is 0 Å². The molecule has 0 saturated heterocycles. The standard InChI is InChI=1S/C53H60O4.H4O5P2/c1-48(2,38-21-13-9-14-22-38)42-29-31-44(46(33-42)50(5,6)40-25-17-11-18-26-40)53(57,52(35-54,36-55)37-56)45-32-30-43(49(3,4)39-23-15-10-16-24-39)34-47(45)51(7,8)41-27-19-12-20-28-41;1-6(2)5-7(3)4/h9-34,54-57H,35-37H2,1-8H3;1-4H. The molecule has 6 rings (SSSR count). The summed E-state index contributed by atoms with van der Waals surface area (Å²) >= 11 is 0. The first-order chi connectivity index (χ1) is 30.1. The zero-order valence-corrected chi connectivity index (χ0v) is 39.8. The molecule has 9 nitrogen and oxygen atoms in total. The summed E-state index contributed by atoms with van der Waals surface area (Å²) in [6, 6.07) is 53.7. The maximum absolute atomic E-state index is 14.2. The summed E-state index contributed by atoms with van der Waals surface area (Å²) in [6.45, 7) is 15.4. The summed E-state index contributed by atoms with van der Waals surface area (Å²) in [6.07, 6.45) is 0. The van der Waals surface area contributed by atoms with Gasteiger partial charge in [0.2, 0.25) is 0 Å². The first-order valence-electron chi connectivity index (χ1n) is 21.3. The zero-order chi connectivity index (χ0) is 47.1. The summed E-state index contributed by atoms with van der Waals surface area (Å²) in [5.74, 6) is 0. The Morgan fingerprint density at radius 1 is 0.359 bits per heavy atom. The molecule has 11 heteroatoms. The van der Waals surface area contributed by atoms with E-state index in [9.17, 15) is 20.4 Å². The van der Waals surface area contributed by atoms with Crippen LogP contribution < -0.4 is 0 Å². The molecule has 0 aromatic heterocycles. The highest BCUT2D eigenvalue weighted by Crippen LogP contribution is 2.54. The molecule has 64 heavy (non-hydrogen) atoms. The molecular weight excluding hydrogens is 843 g/mol. The Bertz CT molecular complexity index is 2230. The van der Waals surface area contributed by atoms with Crippen molar-refractivity contribution in [2.24, 2.45) is 5.41 Å². The molecule has 6 aromatic rings. The molecule has 0 fully saturated rings. The van der Waals surface area contributed by atoms with Gasteiger partial charge < -0.3 is 40.0 Å². The lowest BCUT2D eigenvalue weighted by molar-refractivity contribution is -0.137. The quantitative estimate of drug-likeness (QED) is 0.0441. The molecule has 0 saturated carbocycles. The van der Waals surface area contributed by atoms with Crippen LogP contribution in [0.2, 0.25) is 0 Å². The van der Waals surface area contributed by atoms with Crippen molar-refractivity contribution in [1.82, 2.24) is 0 Å². The highest BCUT2D eigenvalue weighted by atomic mass is 31.2. The Hall–Kier alpha value is -4.18. The molecule has 0 aliphatic carbocycles. The first-order valence-corrected chi connectivity index (χ1v) is 23.6. The fourth-order valence-corrected chi connectivity index (χ4v) is 9.39. The minimum Gasteiger partial charge on any atom is -0.395 e. The predicted molar refractivity (Wildman–Crippen MR) is 258 cm³/mol. The topological polar surface area (TPSA) is 171 Å². The normalized spacial score (nSPS) is 12.9. The van der Waals surface area contributed by atoms with Gasteiger partial charge in [0.25, 0.3) is 0 Å². The van der Waals surface area contributed by atoms with E-state index in [1.54, 1.807) is 0 Å². The Balaban J connectivity index is 0.00000102. The van der Waals surface area contributed by atoms with Gasteiger partial charge in [0.1, 0.15) is 5.60 Å². The second kappa shape index (κ2) is 20.6. The van der Waals surface area contributed by atoms with Crippen molar-refractivity contribution in [3.05, 3.63) is 213 Å². The van der Waals surface area contributed by atoms with Crippen LogP contribution in [0.15, 0.2) is 158 Å². The van der Waals surface area contributed by atoms with Gasteiger partial charge in [-0.1, -0.05) is 213 Å². The van der Waals surface area contributed by atoms with Crippen molar-refractivity contribution in [1.29, 1.82) is 0 Å². The fraction of sp³-hybridized carbons (Fsp3) is 0.321. The molecule has 0 amide bonds. The number of rotatable bonds is 16. The van der Waals surface area contributed by atoms with Gasteiger partial charge in [-0.25, -0.2) is 4.31 Å². The summed E-state index contributed by atoms with van der Waals surface area (Å²) in [4.78, 5) is 31.3. The van der Waals surface area contributed by atoms with E-state index in [-0.39, 0.29) is 0 Å². The van der Waals surface area contributed by atoms with Gasteiger partial charge in [-0.3, -0.25) is 0 Å². The van der Waals surface area contributed by atoms with Crippen LogP contribution in [0.25, 0.3) is 0 Å². The molecule has 8 N–H and O–H groups in total. The second-order valence-electron chi connectivity index (χ2n) is 18.5. The van der Waals surface area contributed by atoms with Crippen molar-refractivity contribution >= 4 is 17.2 Å². The lowest BCUT2D eigenvalue weighted by Gasteiger charge is -2.49. The molecule has 0 bridgehead atoms. The van der Waals surface area contributed by atoms with Gasteiger partial charge in [0.05, 0.1) is 25.2 Å². The van der Waals surface area contributed by atoms with Gasteiger partial charge in [0, 0.05) is 21.7 Å². The van der Waals surface area contributed by atoms with Crippen molar-refractivity contribution < 1.29 is 44.3 Å². The van der Waals surface area contributed by atoms with Crippen LogP contribution in [-0.4, -0.2) is 59.8 Å². The van der Waals surface area contributed by atoms with E-state index in [0.29, 0.717) is 11.1 Å². The molecule has 340 valence electrons. The van der Waals surface area contributed by atoms with Crippen molar-refractivity contribution in [3.63, 3.8) is 0 Å². The minimum absolute atomic E-state index is 0.410. The summed E-state index contributed by atoms with van der Waals surface area (Å²) in [7, 11) is -5.22. The van der Waals surface area contributed by atoms with Gasteiger partial charge >= 0.3 is 17.2 Å². The van der Waals surface area contributed by atoms with E-state index in [4.69, 9.17) is 19.6 Å². The molecule has 6 aromatic carbocycles. The lowest BCUT2D eigenvalue weighted by Crippen LogP contribution is -2.56. The van der Waals surface area contributed by atoms with E-state index in [1.165, 1.54) is 0 Å². The van der Waals surface area contributed by atoms with E-state index in [1.807, 2.05) is 60.7 Å². The number of hydrogen-bond acceptors (Lipinski definition) is 9. The average molecular weight is 907 g/mol. The zero-order valence-electron chi connectivity index (χ0n) is 38.0. The van der Waals surface area contributed by atoms with Crippen molar-refractivity contribution in [2.45, 2.75) is 82.7 Å². The van der Waals surface area contributed by atoms with E-state index < -0.39 is 69.7 Å². The van der Waals surface area contributed by atoms with Gasteiger partial charge in [-0.05, 0) is 55.6 Å². The third-order valence-electron chi connectivity index (χ3n) is 13.4. The third-order valence-corrected chi connectivity index (χ3v) is 14.6. The number of benzene rings is 6. The van der Waals surface area contributed by atoms with Crippen molar-refractivity contribution in [2.75, 3.05) is 19.8 Å². The van der Waals surface area contributed by atoms with Gasteiger partial charge in [0.15, 0.2) is 0 Å². The molecule has 0 radical (unpaired) electrons. The molecule has 0 unspecified atom stereocenters. The molecule has 0 spiro atoms. The van der Waals surface area contributed by atoms with Crippen LogP contribution in [0.5, 0.6) is 0 Å². The fourth-order valence-electron chi connectivity index (χ4n) is 8.87. The Kier molecular flexibility index (Phi) is 16.3. The molecule has 0 atom stereocenters. The molecule has 0 aliphatic heterocycles. The lowest BCUT2D eigenvalue weighted by atomic mass is 9.58. The summed E-state index contributed by atoms with van der Waals surface area (Å²) in [5, 5.41) is 48.5. The van der Waals surface area contributed by atoms with Crippen LogP contribution in [0.3, 0.4) is 0 Å². The molecule has 0 heterocycles. The molecule has 0 aliphatic rings. The second-order valence-corrected chi connectivity index (χ2v) is 20.2. The van der Waals surface area contributed by atoms with Crippen molar-refractivity contribution in [3.8, 4) is 0 Å². The smallest absolute Gasteiger partial charge is 0.334 e. The maximum atomic E-state index is 14.2. The minimum atomic E-state index is -2.61. The average Bonchev–Trinajstić information content (AvgIpc) is 3.30. The van der Waals surface area contributed by atoms with Crippen LogP contribution >= 0.6 is 17.2 Å². The summed E-state index contributed by atoms with van der Waals surface area (Å²) < 4.78 is 3.60. The monoisotopic (exact) mass is 906 g/mol. The van der Waals surface area contributed by atoms with Crippen LogP contribution in [-0.2, 0) is 31.6 Å². The highest BCUT2D eigenvalue weighted by molar-refractivity contribution is 7.53. The van der Waals surface area contributed by atoms with Crippen LogP contribution in [0.1, 0.15) is 111 Å². The van der Waals surface area contributed by atoms with Crippen LogP contribution in [0, 0.1) is 5.41 Å².